The molecule has 0 aliphatic rings. The van der Waals surface area contributed by atoms with Crippen LogP contribution in [0.1, 0.15) is 0 Å². The predicted molar refractivity (Wildman–Crippen MR) is 61.9 cm³/mol. The lowest BCUT2D eigenvalue weighted by atomic mass is 10.3. The summed E-state index contributed by atoms with van der Waals surface area (Å²) in [5.41, 5.74) is 0. The number of amides is 1. The summed E-state index contributed by atoms with van der Waals surface area (Å²) in [5.74, 6) is -0.728. The molecule has 1 amide bonds. The minimum atomic E-state index is -1.10. The highest BCUT2D eigenvalue weighted by Crippen LogP contribution is 2.10. The molecule has 5 heteroatoms. The standard InChI is InChI=1S/C12H13NO4/c1-2-8-13(9-11(14)15)12(16)17-10-6-4-3-5-7-10/h2-7H,1,8-9H2,(H,14,15). The van der Waals surface area contributed by atoms with E-state index in [0.29, 0.717) is 5.75 Å². The van der Waals surface area contributed by atoms with Gasteiger partial charge in [0.2, 0.25) is 0 Å². The first kappa shape index (κ1) is 12.8. The average molecular weight is 235 g/mol. The van der Waals surface area contributed by atoms with Crippen LogP contribution >= 0.6 is 0 Å². The zero-order chi connectivity index (χ0) is 12.7. The fourth-order valence-corrected chi connectivity index (χ4v) is 1.18. The fraction of sp³-hybridized carbons (Fsp3) is 0.167. The molecular formula is C12H13NO4. The lowest BCUT2D eigenvalue weighted by Crippen LogP contribution is -2.37. The van der Waals surface area contributed by atoms with Crippen molar-refractivity contribution < 1.29 is 19.4 Å². The predicted octanol–water partition coefficient (Wildman–Crippen LogP) is 1.76. The van der Waals surface area contributed by atoms with Crippen molar-refractivity contribution in [2.24, 2.45) is 0 Å². The maximum atomic E-state index is 11.6. The maximum Gasteiger partial charge on any atom is 0.416 e. The van der Waals surface area contributed by atoms with E-state index in [1.165, 1.54) is 6.08 Å². The van der Waals surface area contributed by atoms with Crippen LogP contribution in [0.3, 0.4) is 0 Å². The van der Waals surface area contributed by atoms with Gasteiger partial charge < -0.3 is 9.84 Å². The molecule has 0 aliphatic carbocycles. The van der Waals surface area contributed by atoms with Gasteiger partial charge in [0.15, 0.2) is 0 Å². The summed E-state index contributed by atoms with van der Waals surface area (Å²) >= 11 is 0. The third-order valence-electron chi connectivity index (χ3n) is 1.88. The molecule has 0 aromatic heterocycles. The first-order chi connectivity index (χ1) is 8.13. The Morgan fingerprint density at radius 2 is 2.00 bits per heavy atom. The van der Waals surface area contributed by atoms with Crippen molar-refractivity contribution in [1.82, 2.24) is 4.90 Å². The van der Waals surface area contributed by atoms with Crippen LogP contribution in [-0.4, -0.2) is 35.2 Å². The highest BCUT2D eigenvalue weighted by molar-refractivity contribution is 5.78. The van der Waals surface area contributed by atoms with Crippen molar-refractivity contribution in [1.29, 1.82) is 0 Å². The minimum Gasteiger partial charge on any atom is -0.480 e. The van der Waals surface area contributed by atoms with E-state index in [4.69, 9.17) is 9.84 Å². The number of para-hydroxylation sites is 1. The second-order valence-corrected chi connectivity index (χ2v) is 3.24. The summed E-state index contributed by atoms with van der Waals surface area (Å²) in [6.45, 7) is 3.16. The Morgan fingerprint density at radius 3 is 2.53 bits per heavy atom. The van der Waals surface area contributed by atoms with Crippen LogP contribution in [0.25, 0.3) is 0 Å². The van der Waals surface area contributed by atoms with Crippen LogP contribution in [0.5, 0.6) is 5.75 Å². The SMILES string of the molecule is C=CCN(CC(=O)O)C(=O)Oc1ccccc1. The number of carbonyl (C=O) groups is 2. The summed E-state index contributed by atoms with van der Waals surface area (Å²) in [5, 5.41) is 8.64. The molecule has 0 spiro atoms. The Morgan fingerprint density at radius 1 is 1.35 bits per heavy atom. The molecule has 1 aromatic rings. The highest BCUT2D eigenvalue weighted by Gasteiger charge is 2.17. The molecule has 17 heavy (non-hydrogen) atoms. The summed E-state index contributed by atoms with van der Waals surface area (Å²) in [7, 11) is 0. The lowest BCUT2D eigenvalue weighted by molar-refractivity contribution is -0.137. The van der Waals surface area contributed by atoms with Gasteiger partial charge in [0.05, 0.1) is 0 Å². The number of hydrogen-bond donors (Lipinski definition) is 1. The van der Waals surface area contributed by atoms with Gasteiger partial charge in [-0.1, -0.05) is 24.3 Å². The van der Waals surface area contributed by atoms with E-state index in [9.17, 15) is 9.59 Å². The van der Waals surface area contributed by atoms with Crippen molar-refractivity contribution in [3.8, 4) is 5.75 Å². The number of carboxylic acid groups (broad SMARTS) is 1. The largest absolute Gasteiger partial charge is 0.480 e. The number of ether oxygens (including phenoxy) is 1. The molecule has 0 aliphatic heterocycles. The molecule has 0 heterocycles. The number of benzene rings is 1. The Bertz CT molecular complexity index is 402. The first-order valence-corrected chi connectivity index (χ1v) is 4.98. The van der Waals surface area contributed by atoms with Crippen LogP contribution in [0.2, 0.25) is 0 Å². The van der Waals surface area contributed by atoms with E-state index < -0.39 is 18.6 Å². The quantitative estimate of drug-likeness (QED) is 0.789. The summed E-state index contributed by atoms with van der Waals surface area (Å²) in [6, 6.07) is 8.46. The number of nitrogens with zero attached hydrogens (tertiary/aromatic N) is 1. The van der Waals surface area contributed by atoms with Crippen LogP contribution in [0, 0.1) is 0 Å². The molecule has 0 bridgehead atoms. The van der Waals surface area contributed by atoms with Gasteiger partial charge >= 0.3 is 12.1 Å². The molecule has 0 fully saturated rings. The topological polar surface area (TPSA) is 66.8 Å². The van der Waals surface area contributed by atoms with Crippen LogP contribution in [-0.2, 0) is 4.79 Å². The zero-order valence-corrected chi connectivity index (χ0v) is 9.20. The number of hydrogen-bond acceptors (Lipinski definition) is 3. The van der Waals surface area contributed by atoms with E-state index in [-0.39, 0.29) is 6.54 Å². The smallest absolute Gasteiger partial charge is 0.416 e. The third kappa shape index (κ3) is 4.38. The molecule has 0 saturated carbocycles. The maximum absolute atomic E-state index is 11.6. The minimum absolute atomic E-state index is 0.123. The van der Waals surface area contributed by atoms with Gasteiger partial charge in [-0.2, -0.15) is 0 Å². The number of rotatable bonds is 5. The molecule has 0 unspecified atom stereocenters. The molecule has 1 rings (SSSR count). The Hall–Kier alpha value is -2.30. The number of carbonyl (C=O) groups excluding carboxylic acids is 1. The molecular weight excluding hydrogens is 222 g/mol. The van der Waals surface area contributed by atoms with Gasteiger partial charge in [0, 0.05) is 6.54 Å². The molecule has 1 N–H and O–H groups in total. The van der Waals surface area contributed by atoms with Crippen LogP contribution in [0.15, 0.2) is 43.0 Å². The van der Waals surface area contributed by atoms with E-state index in [1.807, 2.05) is 0 Å². The summed E-state index contributed by atoms with van der Waals surface area (Å²) in [4.78, 5) is 23.2. The highest BCUT2D eigenvalue weighted by atomic mass is 16.6. The van der Waals surface area contributed by atoms with Gasteiger partial charge in [-0.3, -0.25) is 9.69 Å². The molecule has 0 saturated heterocycles. The lowest BCUT2D eigenvalue weighted by Gasteiger charge is -2.17. The second-order valence-electron chi connectivity index (χ2n) is 3.24. The van der Waals surface area contributed by atoms with Crippen molar-refractivity contribution in [2.75, 3.05) is 13.1 Å². The van der Waals surface area contributed by atoms with Gasteiger partial charge in [0.1, 0.15) is 12.3 Å². The zero-order valence-electron chi connectivity index (χ0n) is 9.20. The summed E-state index contributed by atoms with van der Waals surface area (Å²) in [6.07, 6.45) is 0.730. The van der Waals surface area contributed by atoms with Crippen molar-refractivity contribution in [3.05, 3.63) is 43.0 Å². The normalized spacial score (nSPS) is 9.41. The van der Waals surface area contributed by atoms with Gasteiger partial charge in [-0.15, -0.1) is 6.58 Å². The first-order valence-electron chi connectivity index (χ1n) is 4.98. The number of aliphatic carboxylic acids is 1. The van der Waals surface area contributed by atoms with E-state index in [0.717, 1.165) is 4.90 Å². The van der Waals surface area contributed by atoms with Gasteiger partial charge in [0.25, 0.3) is 0 Å². The van der Waals surface area contributed by atoms with E-state index >= 15 is 0 Å². The summed E-state index contributed by atoms with van der Waals surface area (Å²) < 4.78 is 5.01. The second kappa shape index (κ2) is 6.32. The molecule has 0 atom stereocenters. The Kier molecular flexibility index (Phi) is 4.75. The van der Waals surface area contributed by atoms with E-state index in [2.05, 4.69) is 6.58 Å². The molecule has 5 nitrogen and oxygen atoms in total. The van der Waals surface area contributed by atoms with Crippen LogP contribution < -0.4 is 4.74 Å². The monoisotopic (exact) mass is 235 g/mol. The molecule has 90 valence electrons. The average Bonchev–Trinajstić information content (AvgIpc) is 2.29. The Balaban J connectivity index is 2.65. The molecule has 1 aromatic carbocycles. The molecule has 0 radical (unpaired) electrons. The van der Waals surface area contributed by atoms with Crippen molar-refractivity contribution in [2.45, 2.75) is 0 Å². The van der Waals surface area contributed by atoms with Gasteiger partial charge in [-0.05, 0) is 12.1 Å². The fourth-order valence-electron chi connectivity index (χ4n) is 1.18. The van der Waals surface area contributed by atoms with E-state index in [1.54, 1.807) is 30.3 Å². The Labute approximate surface area is 98.9 Å². The van der Waals surface area contributed by atoms with Crippen LogP contribution in [0.4, 0.5) is 4.79 Å². The number of carboxylic acids is 1. The van der Waals surface area contributed by atoms with Crippen molar-refractivity contribution >= 4 is 12.1 Å². The third-order valence-corrected chi connectivity index (χ3v) is 1.88. The van der Waals surface area contributed by atoms with Gasteiger partial charge in [-0.25, -0.2) is 4.79 Å². The van der Waals surface area contributed by atoms with Crippen molar-refractivity contribution in [3.63, 3.8) is 0 Å².